The topological polar surface area (TPSA) is 33.4 Å². The van der Waals surface area contributed by atoms with Crippen LogP contribution in [0.15, 0.2) is 42.5 Å². The van der Waals surface area contributed by atoms with E-state index in [0.29, 0.717) is 5.02 Å². The fourth-order valence-corrected chi connectivity index (χ4v) is 3.11. The molecule has 0 amide bonds. The van der Waals surface area contributed by atoms with Crippen LogP contribution < -0.4 is 0 Å². The minimum Gasteiger partial charge on any atom is -0.309 e. The number of hydrogen-bond acceptors (Lipinski definition) is 3. The van der Waals surface area contributed by atoms with Crippen molar-refractivity contribution < 1.29 is 0 Å². The van der Waals surface area contributed by atoms with Crippen LogP contribution in [0, 0.1) is 0 Å². The monoisotopic (exact) mass is 324 g/mol. The maximum Gasteiger partial charge on any atom is 0.148 e. The SMILES string of the molecule is CN(C)CCc1nc2ccc(Cl)cc2c2nc3ccccc3n12. The Morgan fingerprint density at radius 1 is 1.04 bits per heavy atom. The lowest BCUT2D eigenvalue weighted by molar-refractivity contribution is 0.409. The zero-order chi connectivity index (χ0) is 16.0. The van der Waals surface area contributed by atoms with E-state index in [0.717, 1.165) is 46.4 Å². The molecule has 0 radical (unpaired) electrons. The van der Waals surface area contributed by atoms with Crippen LogP contribution in [0.2, 0.25) is 5.02 Å². The van der Waals surface area contributed by atoms with Crippen molar-refractivity contribution in [3.05, 3.63) is 53.3 Å². The molecule has 2 aromatic carbocycles. The molecular weight excluding hydrogens is 308 g/mol. The third-order valence-electron chi connectivity index (χ3n) is 4.05. The summed E-state index contributed by atoms with van der Waals surface area (Å²) in [5.74, 6) is 1.03. The van der Waals surface area contributed by atoms with Crippen LogP contribution in [0.1, 0.15) is 5.82 Å². The van der Waals surface area contributed by atoms with Gasteiger partial charge in [0.25, 0.3) is 0 Å². The molecule has 0 aliphatic rings. The van der Waals surface area contributed by atoms with Crippen LogP contribution in [-0.4, -0.2) is 39.9 Å². The molecule has 0 aliphatic carbocycles. The summed E-state index contributed by atoms with van der Waals surface area (Å²) >= 11 is 6.19. The van der Waals surface area contributed by atoms with Gasteiger partial charge in [0.15, 0.2) is 0 Å². The molecule has 2 heterocycles. The minimum atomic E-state index is 0.703. The van der Waals surface area contributed by atoms with Crippen molar-refractivity contribution >= 4 is 39.2 Å². The molecule has 5 heteroatoms. The van der Waals surface area contributed by atoms with Gasteiger partial charge in [-0.2, -0.15) is 0 Å². The number of halogens is 1. The van der Waals surface area contributed by atoms with Gasteiger partial charge < -0.3 is 4.90 Å². The first-order chi connectivity index (χ1) is 11.1. The van der Waals surface area contributed by atoms with Crippen molar-refractivity contribution in [2.75, 3.05) is 20.6 Å². The largest absolute Gasteiger partial charge is 0.309 e. The summed E-state index contributed by atoms with van der Waals surface area (Å²) < 4.78 is 2.16. The Morgan fingerprint density at radius 2 is 1.87 bits per heavy atom. The number of para-hydroxylation sites is 2. The Kier molecular flexibility index (Phi) is 3.43. The van der Waals surface area contributed by atoms with Crippen LogP contribution in [0.4, 0.5) is 0 Å². The molecule has 2 aromatic heterocycles. The Balaban J connectivity index is 2.10. The third kappa shape index (κ3) is 2.44. The molecule has 23 heavy (non-hydrogen) atoms. The Bertz CT molecular complexity index is 1020. The van der Waals surface area contributed by atoms with Crippen molar-refractivity contribution in [2.24, 2.45) is 0 Å². The van der Waals surface area contributed by atoms with Crippen molar-refractivity contribution in [2.45, 2.75) is 6.42 Å². The van der Waals surface area contributed by atoms with Crippen LogP contribution in [0.5, 0.6) is 0 Å². The number of imidazole rings is 1. The molecule has 4 nitrogen and oxygen atoms in total. The zero-order valence-corrected chi connectivity index (χ0v) is 13.9. The van der Waals surface area contributed by atoms with Crippen LogP contribution in [0.25, 0.3) is 27.6 Å². The molecule has 0 aliphatic heterocycles. The molecule has 0 bridgehead atoms. The summed E-state index contributed by atoms with van der Waals surface area (Å²) in [5.41, 5.74) is 3.93. The van der Waals surface area contributed by atoms with E-state index in [2.05, 4.69) is 29.5 Å². The highest BCUT2D eigenvalue weighted by Gasteiger charge is 2.14. The Morgan fingerprint density at radius 3 is 2.70 bits per heavy atom. The predicted molar refractivity (Wildman–Crippen MR) is 95.3 cm³/mol. The first kappa shape index (κ1) is 14.4. The Hall–Kier alpha value is -2.17. The lowest BCUT2D eigenvalue weighted by Gasteiger charge is -2.12. The summed E-state index contributed by atoms with van der Waals surface area (Å²) in [5, 5.41) is 1.69. The summed E-state index contributed by atoms with van der Waals surface area (Å²) in [6.07, 6.45) is 0.864. The van der Waals surface area contributed by atoms with Crippen molar-refractivity contribution in [1.29, 1.82) is 0 Å². The molecule has 0 saturated heterocycles. The molecule has 0 atom stereocenters. The number of rotatable bonds is 3. The van der Waals surface area contributed by atoms with Crippen molar-refractivity contribution in [3.63, 3.8) is 0 Å². The lowest BCUT2D eigenvalue weighted by Crippen LogP contribution is -2.17. The third-order valence-corrected chi connectivity index (χ3v) is 4.29. The van der Waals surface area contributed by atoms with Gasteiger partial charge in [-0.05, 0) is 44.4 Å². The number of aromatic nitrogens is 3. The van der Waals surface area contributed by atoms with Gasteiger partial charge in [-0.25, -0.2) is 9.97 Å². The number of likely N-dealkylation sites (N-methyl/N-ethyl adjacent to an activating group) is 1. The van der Waals surface area contributed by atoms with Gasteiger partial charge in [0.2, 0.25) is 0 Å². The molecular formula is C18H17ClN4. The molecule has 116 valence electrons. The van der Waals surface area contributed by atoms with E-state index in [1.165, 1.54) is 0 Å². The van der Waals surface area contributed by atoms with Crippen LogP contribution in [-0.2, 0) is 6.42 Å². The first-order valence-corrected chi connectivity index (χ1v) is 8.01. The number of fused-ring (bicyclic) bond motifs is 5. The molecule has 0 saturated carbocycles. The standard InChI is InChI=1S/C18H17ClN4/c1-22(2)10-9-17-20-14-8-7-12(19)11-13(14)18-21-15-5-3-4-6-16(15)23(17)18/h3-8,11H,9-10H2,1-2H3. The highest BCUT2D eigenvalue weighted by atomic mass is 35.5. The summed E-state index contributed by atoms with van der Waals surface area (Å²) in [4.78, 5) is 11.9. The van der Waals surface area contributed by atoms with Crippen LogP contribution in [0.3, 0.4) is 0 Å². The van der Waals surface area contributed by atoms with E-state index >= 15 is 0 Å². The van der Waals surface area contributed by atoms with E-state index in [1.807, 2.05) is 36.4 Å². The maximum absolute atomic E-state index is 6.19. The number of hydrogen-bond donors (Lipinski definition) is 0. The van der Waals surface area contributed by atoms with Gasteiger partial charge in [-0.15, -0.1) is 0 Å². The average molecular weight is 325 g/mol. The second-order valence-corrected chi connectivity index (χ2v) is 6.44. The van der Waals surface area contributed by atoms with Gasteiger partial charge in [-0.3, -0.25) is 4.40 Å². The molecule has 0 unspecified atom stereocenters. The number of nitrogens with zero attached hydrogens (tertiary/aromatic N) is 4. The molecule has 0 fully saturated rings. The zero-order valence-electron chi connectivity index (χ0n) is 13.1. The molecule has 4 aromatic rings. The van der Waals surface area contributed by atoms with E-state index in [9.17, 15) is 0 Å². The second-order valence-electron chi connectivity index (χ2n) is 6.00. The van der Waals surface area contributed by atoms with Crippen molar-refractivity contribution in [3.8, 4) is 0 Å². The van der Waals surface area contributed by atoms with E-state index < -0.39 is 0 Å². The first-order valence-electron chi connectivity index (χ1n) is 7.63. The van der Waals surface area contributed by atoms with Gasteiger partial charge in [0.1, 0.15) is 11.5 Å². The fourth-order valence-electron chi connectivity index (χ4n) is 2.93. The second kappa shape index (κ2) is 5.48. The highest BCUT2D eigenvalue weighted by Crippen LogP contribution is 2.27. The molecule has 0 spiro atoms. The average Bonchev–Trinajstić information content (AvgIpc) is 2.93. The Labute approximate surface area is 139 Å². The lowest BCUT2D eigenvalue weighted by atomic mass is 10.2. The highest BCUT2D eigenvalue weighted by molar-refractivity contribution is 6.31. The van der Waals surface area contributed by atoms with E-state index in [-0.39, 0.29) is 0 Å². The summed E-state index contributed by atoms with van der Waals surface area (Å²) in [6, 6.07) is 14.0. The van der Waals surface area contributed by atoms with E-state index in [4.69, 9.17) is 21.6 Å². The van der Waals surface area contributed by atoms with Crippen molar-refractivity contribution in [1.82, 2.24) is 19.3 Å². The summed E-state index contributed by atoms with van der Waals surface area (Å²) in [6.45, 7) is 0.938. The van der Waals surface area contributed by atoms with Gasteiger partial charge >= 0.3 is 0 Å². The van der Waals surface area contributed by atoms with Gasteiger partial charge in [-0.1, -0.05) is 23.7 Å². The van der Waals surface area contributed by atoms with E-state index in [1.54, 1.807) is 0 Å². The molecule has 0 N–H and O–H groups in total. The predicted octanol–water partition coefficient (Wildman–Crippen LogP) is 3.79. The van der Waals surface area contributed by atoms with Gasteiger partial charge in [0.05, 0.1) is 16.6 Å². The smallest absolute Gasteiger partial charge is 0.148 e. The fraction of sp³-hybridized carbons (Fsp3) is 0.222. The number of benzene rings is 2. The quantitative estimate of drug-likeness (QED) is 0.575. The molecule has 4 rings (SSSR count). The summed E-state index contributed by atoms with van der Waals surface area (Å²) in [7, 11) is 4.15. The minimum absolute atomic E-state index is 0.703. The van der Waals surface area contributed by atoms with Crippen LogP contribution >= 0.6 is 11.6 Å². The maximum atomic E-state index is 6.19. The van der Waals surface area contributed by atoms with Gasteiger partial charge in [0, 0.05) is 23.4 Å². The normalized spacial score (nSPS) is 12.0.